The summed E-state index contributed by atoms with van der Waals surface area (Å²) in [5.74, 6) is -0.0466. The minimum absolute atomic E-state index is 0.00686. The zero-order chi connectivity index (χ0) is 15.6. The van der Waals surface area contributed by atoms with Gasteiger partial charge in [0.05, 0.1) is 4.90 Å². The first-order valence-electron chi connectivity index (χ1n) is 5.84. The number of phenols is 2. The van der Waals surface area contributed by atoms with Gasteiger partial charge in [-0.1, -0.05) is 0 Å². The molecule has 2 aromatic rings. The molecule has 5 N–H and O–H groups in total. The molecule has 112 valence electrons. The lowest BCUT2D eigenvalue weighted by atomic mass is 10.2. The lowest BCUT2D eigenvalue weighted by Gasteiger charge is -2.11. The van der Waals surface area contributed by atoms with Crippen molar-refractivity contribution in [3.8, 4) is 11.5 Å². The van der Waals surface area contributed by atoms with Crippen LogP contribution in [0.3, 0.4) is 0 Å². The second kappa shape index (κ2) is 5.92. The number of hydrogen-bond donors (Lipinski definition) is 4. The standard InChI is InChI=1S/C13H13BrN2O4S/c14-11-6-10(21(15,19)20)3-4-12(11)16-7-8-1-2-9(17)5-13(8)18/h1-6,16-18H,7H2,(H2,15,19,20). The van der Waals surface area contributed by atoms with Gasteiger partial charge in [-0.05, 0) is 46.3 Å². The number of primary sulfonamides is 1. The van der Waals surface area contributed by atoms with E-state index in [-0.39, 0.29) is 16.4 Å². The Morgan fingerprint density at radius 3 is 2.43 bits per heavy atom. The highest BCUT2D eigenvalue weighted by Gasteiger charge is 2.10. The maximum atomic E-state index is 11.2. The molecule has 0 atom stereocenters. The first kappa shape index (κ1) is 15.6. The Morgan fingerprint density at radius 1 is 1.14 bits per heavy atom. The topological polar surface area (TPSA) is 113 Å². The van der Waals surface area contributed by atoms with E-state index >= 15 is 0 Å². The molecule has 0 aliphatic heterocycles. The fourth-order valence-electron chi connectivity index (χ4n) is 1.71. The molecular weight excluding hydrogens is 360 g/mol. The molecule has 0 radical (unpaired) electrons. The fourth-order valence-corrected chi connectivity index (χ4v) is 2.92. The van der Waals surface area contributed by atoms with Crippen molar-refractivity contribution in [1.82, 2.24) is 0 Å². The number of hydrogen-bond acceptors (Lipinski definition) is 5. The summed E-state index contributed by atoms with van der Waals surface area (Å²) in [6.07, 6.45) is 0. The molecule has 0 heterocycles. The minimum atomic E-state index is -3.75. The van der Waals surface area contributed by atoms with Crippen LogP contribution in [0.1, 0.15) is 5.56 Å². The van der Waals surface area contributed by atoms with Crippen LogP contribution in [0.2, 0.25) is 0 Å². The van der Waals surface area contributed by atoms with Gasteiger partial charge in [0.25, 0.3) is 0 Å². The van der Waals surface area contributed by atoms with E-state index in [0.717, 1.165) is 0 Å². The summed E-state index contributed by atoms with van der Waals surface area (Å²) >= 11 is 3.26. The van der Waals surface area contributed by atoms with Crippen LogP contribution in [-0.4, -0.2) is 18.6 Å². The molecule has 6 nitrogen and oxygen atoms in total. The van der Waals surface area contributed by atoms with E-state index < -0.39 is 10.0 Å². The van der Waals surface area contributed by atoms with Crippen molar-refractivity contribution < 1.29 is 18.6 Å². The van der Waals surface area contributed by atoms with Gasteiger partial charge in [-0.25, -0.2) is 13.6 Å². The van der Waals surface area contributed by atoms with E-state index in [9.17, 15) is 18.6 Å². The Labute approximate surface area is 130 Å². The molecular formula is C13H13BrN2O4S. The van der Waals surface area contributed by atoms with Crippen LogP contribution < -0.4 is 10.5 Å². The number of rotatable bonds is 4. The average molecular weight is 373 g/mol. The van der Waals surface area contributed by atoms with Gasteiger partial charge in [0, 0.05) is 28.3 Å². The second-order valence-electron chi connectivity index (χ2n) is 4.35. The van der Waals surface area contributed by atoms with Gasteiger partial charge in [0.15, 0.2) is 0 Å². The molecule has 2 rings (SSSR count). The normalized spacial score (nSPS) is 11.3. The number of sulfonamides is 1. The van der Waals surface area contributed by atoms with Gasteiger partial charge < -0.3 is 15.5 Å². The predicted molar refractivity (Wildman–Crippen MR) is 82.6 cm³/mol. The van der Waals surface area contributed by atoms with Crippen molar-refractivity contribution in [2.45, 2.75) is 11.4 Å². The number of phenolic OH excluding ortho intramolecular Hbond substituents is 2. The van der Waals surface area contributed by atoms with Crippen LogP contribution in [0, 0.1) is 0 Å². The van der Waals surface area contributed by atoms with Crippen molar-refractivity contribution in [2.75, 3.05) is 5.32 Å². The smallest absolute Gasteiger partial charge is 0.238 e. The molecule has 21 heavy (non-hydrogen) atoms. The zero-order valence-electron chi connectivity index (χ0n) is 10.7. The number of halogens is 1. The summed E-state index contributed by atoms with van der Waals surface area (Å²) in [5, 5.41) is 27.0. The van der Waals surface area contributed by atoms with Crippen molar-refractivity contribution in [3.63, 3.8) is 0 Å². The quantitative estimate of drug-likeness (QED) is 0.656. The monoisotopic (exact) mass is 372 g/mol. The van der Waals surface area contributed by atoms with Crippen LogP contribution >= 0.6 is 15.9 Å². The van der Waals surface area contributed by atoms with Crippen molar-refractivity contribution in [1.29, 1.82) is 0 Å². The molecule has 0 spiro atoms. The SMILES string of the molecule is NS(=O)(=O)c1ccc(NCc2ccc(O)cc2O)c(Br)c1. The summed E-state index contributed by atoms with van der Waals surface area (Å²) in [6.45, 7) is 0.305. The number of anilines is 1. The predicted octanol–water partition coefficient (Wildman–Crippen LogP) is 2.12. The van der Waals surface area contributed by atoms with Crippen LogP contribution in [0.15, 0.2) is 45.8 Å². The van der Waals surface area contributed by atoms with E-state index in [2.05, 4.69) is 21.2 Å². The summed E-state index contributed by atoms with van der Waals surface area (Å²) < 4.78 is 23.0. The number of nitrogens with one attached hydrogen (secondary N) is 1. The molecule has 0 unspecified atom stereocenters. The third kappa shape index (κ3) is 3.87. The Morgan fingerprint density at radius 2 is 1.86 bits per heavy atom. The molecule has 0 aliphatic carbocycles. The molecule has 0 aromatic heterocycles. The van der Waals surface area contributed by atoms with Gasteiger partial charge in [0.2, 0.25) is 10.0 Å². The summed E-state index contributed by atoms with van der Waals surface area (Å²) in [7, 11) is -3.75. The summed E-state index contributed by atoms with van der Waals surface area (Å²) in [5.41, 5.74) is 1.24. The van der Waals surface area contributed by atoms with Crippen molar-refractivity contribution in [3.05, 3.63) is 46.4 Å². The molecule has 0 saturated carbocycles. The third-order valence-corrected chi connectivity index (χ3v) is 4.37. The number of benzene rings is 2. The molecule has 0 fully saturated rings. The minimum Gasteiger partial charge on any atom is -0.508 e. The molecule has 8 heteroatoms. The lowest BCUT2D eigenvalue weighted by molar-refractivity contribution is 0.446. The molecule has 0 bridgehead atoms. The van der Waals surface area contributed by atoms with Gasteiger partial charge in [-0.3, -0.25) is 0 Å². The van der Waals surface area contributed by atoms with E-state index in [1.165, 1.54) is 24.3 Å². The Hall–Kier alpha value is -1.77. The fraction of sp³-hybridized carbons (Fsp3) is 0.0769. The van der Waals surface area contributed by atoms with Crippen molar-refractivity contribution in [2.24, 2.45) is 5.14 Å². The maximum absolute atomic E-state index is 11.2. The number of aromatic hydroxyl groups is 2. The molecule has 0 amide bonds. The Kier molecular flexibility index (Phi) is 4.40. The summed E-state index contributed by atoms with van der Waals surface area (Å²) in [4.78, 5) is 0.00686. The van der Waals surface area contributed by atoms with E-state index in [0.29, 0.717) is 22.3 Å². The van der Waals surface area contributed by atoms with Crippen molar-refractivity contribution >= 4 is 31.6 Å². The summed E-state index contributed by atoms with van der Waals surface area (Å²) in [6, 6.07) is 8.66. The maximum Gasteiger partial charge on any atom is 0.238 e. The molecule has 0 saturated heterocycles. The van der Waals surface area contributed by atoms with E-state index in [1.807, 2.05) is 0 Å². The molecule has 2 aromatic carbocycles. The van der Waals surface area contributed by atoms with E-state index in [1.54, 1.807) is 12.1 Å². The average Bonchev–Trinajstić information content (AvgIpc) is 2.38. The van der Waals surface area contributed by atoms with Gasteiger partial charge in [-0.15, -0.1) is 0 Å². The van der Waals surface area contributed by atoms with Crippen LogP contribution in [0.4, 0.5) is 5.69 Å². The van der Waals surface area contributed by atoms with E-state index in [4.69, 9.17) is 5.14 Å². The highest BCUT2D eigenvalue weighted by atomic mass is 79.9. The number of nitrogens with two attached hydrogens (primary N) is 1. The largest absolute Gasteiger partial charge is 0.508 e. The van der Waals surface area contributed by atoms with Crippen LogP contribution in [0.25, 0.3) is 0 Å². The zero-order valence-corrected chi connectivity index (χ0v) is 13.1. The first-order chi connectivity index (χ1) is 9.77. The molecule has 0 aliphatic rings. The lowest BCUT2D eigenvalue weighted by Crippen LogP contribution is -2.12. The van der Waals surface area contributed by atoms with Gasteiger partial charge in [0.1, 0.15) is 11.5 Å². The highest BCUT2D eigenvalue weighted by Crippen LogP contribution is 2.28. The Balaban J connectivity index is 2.17. The third-order valence-electron chi connectivity index (χ3n) is 2.81. The van der Waals surface area contributed by atoms with Gasteiger partial charge >= 0.3 is 0 Å². The van der Waals surface area contributed by atoms with Crippen LogP contribution in [-0.2, 0) is 16.6 Å². The second-order valence-corrected chi connectivity index (χ2v) is 6.77. The van der Waals surface area contributed by atoms with Crippen LogP contribution in [0.5, 0.6) is 11.5 Å². The Bertz CT molecular complexity index is 778. The van der Waals surface area contributed by atoms with Gasteiger partial charge in [-0.2, -0.15) is 0 Å². The first-order valence-corrected chi connectivity index (χ1v) is 8.18. The highest BCUT2D eigenvalue weighted by molar-refractivity contribution is 9.10.